The third kappa shape index (κ3) is 2.98. The van der Waals surface area contributed by atoms with Crippen molar-refractivity contribution in [2.75, 3.05) is 25.0 Å². The number of hydrogen-bond acceptors (Lipinski definition) is 5. The summed E-state index contributed by atoms with van der Waals surface area (Å²) in [5, 5.41) is 0. The summed E-state index contributed by atoms with van der Waals surface area (Å²) < 4.78 is 0. The summed E-state index contributed by atoms with van der Waals surface area (Å²) in [5.74, 6) is 1.76. The fourth-order valence-corrected chi connectivity index (χ4v) is 4.13. The molecule has 0 aliphatic carbocycles. The number of likely N-dealkylation sites (tertiary alicyclic amines) is 1. The molecule has 0 N–H and O–H groups in total. The number of pyridine rings is 1. The van der Waals surface area contributed by atoms with Crippen molar-refractivity contribution in [1.29, 1.82) is 0 Å². The van der Waals surface area contributed by atoms with Crippen LogP contribution < -0.4 is 4.90 Å². The van der Waals surface area contributed by atoms with E-state index in [0.29, 0.717) is 6.42 Å². The van der Waals surface area contributed by atoms with Crippen LogP contribution in [0, 0.1) is 6.92 Å². The minimum Gasteiger partial charge on any atom is -0.299 e. The number of fused-ring (bicyclic) bond motifs is 1. The Labute approximate surface area is 154 Å². The lowest BCUT2D eigenvalue weighted by atomic mass is 9.80. The molecule has 1 atom stereocenters. The molecule has 1 unspecified atom stereocenters. The van der Waals surface area contributed by atoms with Crippen molar-refractivity contribution in [3.05, 3.63) is 47.2 Å². The quantitative estimate of drug-likeness (QED) is 0.849. The number of aryl methyl sites for hydroxylation is 1. The fraction of sp³-hybridized carbons (Fsp3) is 0.500. The normalized spacial score (nSPS) is 23.3. The Bertz CT molecular complexity index is 838. The van der Waals surface area contributed by atoms with Gasteiger partial charge in [-0.05, 0) is 37.9 Å². The Morgan fingerprint density at radius 2 is 2.15 bits per heavy atom. The number of nitrogens with zero attached hydrogens (tertiary/aromatic N) is 5. The average Bonchev–Trinajstić information content (AvgIpc) is 2.91. The molecule has 0 saturated carbocycles. The van der Waals surface area contributed by atoms with Gasteiger partial charge in [-0.3, -0.25) is 19.6 Å². The Kier molecular flexibility index (Phi) is 4.23. The van der Waals surface area contributed by atoms with E-state index in [1.807, 2.05) is 32.4 Å². The van der Waals surface area contributed by atoms with Gasteiger partial charge in [0, 0.05) is 49.2 Å². The van der Waals surface area contributed by atoms with Crippen molar-refractivity contribution in [3.63, 3.8) is 0 Å². The molecule has 0 bridgehead atoms. The highest BCUT2D eigenvalue weighted by Crippen LogP contribution is 2.36. The minimum atomic E-state index is -0.104. The predicted octanol–water partition coefficient (Wildman–Crippen LogP) is 2.25. The van der Waals surface area contributed by atoms with Gasteiger partial charge in [0.1, 0.15) is 11.6 Å². The summed E-state index contributed by atoms with van der Waals surface area (Å²) in [6.07, 6.45) is 6.34. The second kappa shape index (κ2) is 6.43. The van der Waals surface area contributed by atoms with Crippen molar-refractivity contribution < 1.29 is 4.79 Å². The van der Waals surface area contributed by atoms with E-state index in [2.05, 4.69) is 22.9 Å². The Morgan fingerprint density at radius 1 is 1.31 bits per heavy atom. The smallest absolute Gasteiger partial charge is 0.232 e. The van der Waals surface area contributed by atoms with Crippen molar-refractivity contribution >= 4 is 11.7 Å². The first-order chi connectivity index (χ1) is 12.5. The van der Waals surface area contributed by atoms with Gasteiger partial charge in [-0.15, -0.1) is 0 Å². The molecule has 2 aliphatic heterocycles. The minimum absolute atomic E-state index is 0.0987. The molecule has 1 saturated heterocycles. The molecule has 0 radical (unpaired) electrons. The van der Waals surface area contributed by atoms with Gasteiger partial charge >= 0.3 is 0 Å². The van der Waals surface area contributed by atoms with Gasteiger partial charge in [0.05, 0.1) is 6.42 Å². The summed E-state index contributed by atoms with van der Waals surface area (Å²) in [4.78, 5) is 30.1. The summed E-state index contributed by atoms with van der Waals surface area (Å²) in [6.45, 7) is 7.13. The van der Waals surface area contributed by atoms with Gasteiger partial charge in [0.25, 0.3) is 0 Å². The molecule has 6 nitrogen and oxygen atoms in total. The van der Waals surface area contributed by atoms with E-state index in [4.69, 9.17) is 9.97 Å². The van der Waals surface area contributed by atoms with Gasteiger partial charge in [0.15, 0.2) is 0 Å². The van der Waals surface area contributed by atoms with Crippen LogP contribution in [-0.2, 0) is 23.2 Å². The molecule has 4 heterocycles. The number of carbonyl (C=O) groups is 1. The number of anilines is 1. The van der Waals surface area contributed by atoms with Crippen molar-refractivity contribution in [2.45, 2.75) is 45.1 Å². The average molecular weight is 351 g/mol. The second-order valence-corrected chi connectivity index (χ2v) is 7.80. The number of aromatic nitrogens is 3. The standard InChI is InChI=1S/C20H25N5O/c1-14-16-10-17(26)24(3)18(16)23-19(22-14)20(2)7-5-9-25(13-20)12-15-6-4-8-21-11-15/h4,6,8,11H,5,7,9-10,12-13H2,1-3H3. The molecule has 2 aliphatic rings. The molecule has 4 rings (SSSR count). The Hall–Kier alpha value is -2.34. The zero-order chi connectivity index (χ0) is 18.3. The van der Waals surface area contributed by atoms with Gasteiger partial charge in [0.2, 0.25) is 5.91 Å². The van der Waals surface area contributed by atoms with Crippen molar-refractivity contribution in [3.8, 4) is 0 Å². The number of carbonyl (C=O) groups excluding carboxylic acids is 1. The Morgan fingerprint density at radius 3 is 2.92 bits per heavy atom. The highest BCUT2D eigenvalue weighted by atomic mass is 16.2. The maximum absolute atomic E-state index is 12.0. The van der Waals surface area contributed by atoms with E-state index in [-0.39, 0.29) is 11.3 Å². The predicted molar refractivity (Wildman–Crippen MR) is 100.0 cm³/mol. The third-order valence-corrected chi connectivity index (χ3v) is 5.66. The largest absolute Gasteiger partial charge is 0.299 e. The molecule has 0 spiro atoms. The summed E-state index contributed by atoms with van der Waals surface area (Å²) in [5.41, 5.74) is 3.04. The van der Waals surface area contributed by atoms with Crippen LogP contribution in [0.25, 0.3) is 0 Å². The molecular formula is C20H25N5O. The SMILES string of the molecule is Cc1nc(C2(C)CCCN(Cc3cccnc3)C2)nc2c1CC(=O)N2C. The molecule has 1 fully saturated rings. The van der Waals surface area contributed by atoms with E-state index in [1.54, 1.807) is 4.90 Å². The van der Waals surface area contributed by atoms with E-state index in [1.165, 1.54) is 5.56 Å². The van der Waals surface area contributed by atoms with E-state index < -0.39 is 0 Å². The summed E-state index contributed by atoms with van der Waals surface area (Å²) >= 11 is 0. The Balaban J connectivity index is 1.61. The molecule has 2 aromatic heterocycles. The van der Waals surface area contributed by atoms with Crippen LogP contribution in [0.5, 0.6) is 0 Å². The fourth-order valence-electron chi connectivity index (χ4n) is 4.13. The zero-order valence-corrected chi connectivity index (χ0v) is 15.7. The number of piperidine rings is 1. The lowest BCUT2D eigenvalue weighted by Gasteiger charge is -2.39. The monoisotopic (exact) mass is 351 g/mol. The van der Waals surface area contributed by atoms with Crippen LogP contribution in [0.1, 0.15) is 42.4 Å². The van der Waals surface area contributed by atoms with E-state index in [0.717, 1.165) is 55.4 Å². The molecule has 6 heteroatoms. The van der Waals surface area contributed by atoms with E-state index in [9.17, 15) is 4.79 Å². The van der Waals surface area contributed by atoms with Crippen molar-refractivity contribution in [1.82, 2.24) is 19.9 Å². The van der Waals surface area contributed by atoms with Crippen LogP contribution in [-0.4, -0.2) is 45.9 Å². The highest BCUT2D eigenvalue weighted by molar-refractivity contribution is 5.99. The van der Waals surface area contributed by atoms with E-state index >= 15 is 0 Å². The van der Waals surface area contributed by atoms with Crippen LogP contribution >= 0.6 is 0 Å². The number of rotatable bonds is 3. The lowest BCUT2D eigenvalue weighted by molar-refractivity contribution is -0.117. The molecule has 0 aromatic carbocycles. The van der Waals surface area contributed by atoms with Gasteiger partial charge in [-0.2, -0.15) is 0 Å². The lowest BCUT2D eigenvalue weighted by Crippen LogP contribution is -2.45. The summed E-state index contributed by atoms with van der Waals surface area (Å²) in [6, 6.07) is 4.11. The number of hydrogen-bond donors (Lipinski definition) is 0. The van der Waals surface area contributed by atoms with Crippen LogP contribution in [0.2, 0.25) is 0 Å². The molecule has 1 amide bonds. The topological polar surface area (TPSA) is 62.2 Å². The van der Waals surface area contributed by atoms with Gasteiger partial charge in [-0.1, -0.05) is 13.0 Å². The first kappa shape index (κ1) is 17.1. The van der Waals surface area contributed by atoms with Gasteiger partial charge < -0.3 is 0 Å². The molecular weight excluding hydrogens is 326 g/mol. The third-order valence-electron chi connectivity index (χ3n) is 5.66. The maximum Gasteiger partial charge on any atom is 0.232 e. The van der Waals surface area contributed by atoms with Crippen LogP contribution in [0.4, 0.5) is 5.82 Å². The first-order valence-electron chi connectivity index (χ1n) is 9.22. The second-order valence-electron chi connectivity index (χ2n) is 7.80. The van der Waals surface area contributed by atoms with Gasteiger partial charge in [-0.25, -0.2) is 9.97 Å². The van der Waals surface area contributed by atoms with Crippen molar-refractivity contribution in [2.24, 2.45) is 0 Å². The molecule has 26 heavy (non-hydrogen) atoms. The molecule has 136 valence electrons. The number of likely N-dealkylation sites (N-methyl/N-ethyl adjacent to an activating group) is 1. The first-order valence-corrected chi connectivity index (χ1v) is 9.22. The molecule has 2 aromatic rings. The number of amides is 1. The highest BCUT2D eigenvalue weighted by Gasteiger charge is 2.38. The summed E-state index contributed by atoms with van der Waals surface area (Å²) in [7, 11) is 1.81. The van der Waals surface area contributed by atoms with Crippen LogP contribution in [0.15, 0.2) is 24.5 Å². The maximum atomic E-state index is 12.0. The van der Waals surface area contributed by atoms with Crippen LogP contribution in [0.3, 0.4) is 0 Å². The zero-order valence-electron chi connectivity index (χ0n) is 15.7.